The van der Waals surface area contributed by atoms with Crippen LogP contribution >= 0.6 is 0 Å². The third-order valence-electron chi connectivity index (χ3n) is 6.65. The van der Waals surface area contributed by atoms with Crippen molar-refractivity contribution < 1.29 is 31.3 Å². The second-order valence-corrected chi connectivity index (χ2v) is 8.78. The Bertz CT molecular complexity index is 764. The van der Waals surface area contributed by atoms with Crippen LogP contribution in [-0.2, 0) is 28.6 Å². The summed E-state index contributed by atoms with van der Waals surface area (Å²) in [4.78, 5) is 36.0. The maximum Gasteiger partial charge on any atom is 0.303 e. The second-order valence-electron chi connectivity index (χ2n) is 8.78. The SMILES string of the molecule is [2H][C@@H]1[C@@H]2[C@@H]3C(=C)[C@H]([2H])[C@H]1[C@]3(C)[C@H](OC(C)=O)[C@H](OC(C)=O)[C@@H](OC(C)=O)C2(C)C. The summed E-state index contributed by atoms with van der Waals surface area (Å²) in [5.41, 5.74) is -0.920. The molecule has 9 atom stereocenters. The summed E-state index contributed by atoms with van der Waals surface area (Å²) in [6, 6.07) is 0. The average molecular weight is 380 g/mol. The lowest BCUT2D eigenvalue weighted by molar-refractivity contribution is -0.206. The van der Waals surface area contributed by atoms with E-state index in [4.69, 9.17) is 17.0 Å². The molecule has 0 N–H and O–H groups in total. The van der Waals surface area contributed by atoms with Gasteiger partial charge in [0.15, 0.2) is 6.10 Å². The molecule has 6 nitrogen and oxygen atoms in total. The van der Waals surface area contributed by atoms with E-state index in [2.05, 4.69) is 6.58 Å². The minimum Gasteiger partial charge on any atom is -0.458 e. The summed E-state index contributed by atoms with van der Waals surface area (Å²) < 4.78 is 34.6. The van der Waals surface area contributed by atoms with Crippen molar-refractivity contribution >= 4 is 17.9 Å². The molecule has 3 aliphatic rings. The zero-order valence-electron chi connectivity index (χ0n) is 18.8. The molecule has 0 spiro atoms. The molecule has 0 heterocycles. The zero-order chi connectivity index (χ0) is 22.0. The summed E-state index contributed by atoms with van der Waals surface area (Å²) in [5, 5.41) is 0. The Morgan fingerprint density at radius 2 is 1.52 bits per heavy atom. The highest BCUT2D eigenvalue weighted by Crippen LogP contribution is 2.71. The summed E-state index contributed by atoms with van der Waals surface area (Å²) in [6.07, 6.45) is -4.20. The Morgan fingerprint density at radius 1 is 1.00 bits per heavy atom. The fraction of sp³-hybridized carbons (Fsp3) is 0.762. The molecule has 0 aromatic rings. The molecule has 150 valence electrons. The van der Waals surface area contributed by atoms with E-state index in [0.29, 0.717) is 5.57 Å². The van der Waals surface area contributed by atoms with Crippen LogP contribution in [0.5, 0.6) is 0 Å². The third kappa shape index (κ3) is 2.88. The van der Waals surface area contributed by atoms with Crippen LogP contribution in [0.4, 0.5) is 0 Å². The normalized spacial score (nSPS) is 48.1. The van der Waals surface area contributed by atoms with Crippen molar-refractivity contribution in [3.8, 4) is 0 Å². The average Bonchev–Trinajstić information content (AvgIpc) is 2.90. The van der Waals surface area contributed by atoms with E-state index in [1.165, 1.54) is 20.8 Å². The van der Waals surface area contributed by atoms with Gasteiger partial charge in [0.25, 0.3) is 0 Å². The van der Waals surface area contributed by atoms with Gasteiger partial charge < -0.3 is 14.2 Å². The standard InChI is InChI=1S/C21H30O6/c1-10-8-14-9-15-16(10)21(14,7)19(27-13(4)24)17(25-11(2)22)18(20(15,5)6)26-12(3)23/h14-19H,1,8-9H2,2-7H3/t14-,15-,16+,17-,18-,19-,21+/m1/s1/i8D,9D/t8-,9-,14+,15+,16-,17+,18+,19+,21-/m0. The Hall–Kier alpha value is -1.85. The van der Waals surface area contributed by atoms with E-state index in [0.717, 1.165) is 0 Å². The molecule has 0 aliphatic heterocycles. The first-order valence-corrected chi connectivity index (χ1v) is 9.31. The quantitative estimate of drug-likeness (QED) is 0.425. The highest BCUT2D eigenvalue weighted by Gasteiger charge is 2.71. The number of hydrogen-bond donors (Lipinski definition) is 0. The van der Waals surface area contributed by atoms with E-state index < -0.39 is 65.8 Å². The minimum atomic E-state index is -1.04. The van der Waals surface area contributed by atoms with E-state index in [9.17, 15) is 14.4 Å². The van der Waals surface area contributed by atoms with Crippen molar-refractivity contribution in [1.29, 1.82) is 0 Å². The first-order valence-electron chi connectivity index (χ1n) is 10.5. The lowest BCUT2D eigenvalue weighted by Crippen LogP contribution is -2.56. The number of carbonyl (C=O) groups excluding carboxylic acids is 3. The molecule has 0 radical (unpaired) electrons. The van der Waals surface area contributed by atoms with Crippen LogP contribution in [0.15, 0.2) is 12.2 Å². The summed E-state index contributed by atoms with van der Waals surface area (Å²) >= 11 is 0. The highest BCUT2D eigenvalue weighted by molar-refractivity contribution is 5.68. The van der Waals surface area contributed by atoms with Crippen LogP contribution < -0.4 is 0 Å². The zero-order valence-corrected chi connectivity index (χ0v) is 16.8. The van der Waals surface area contributed by atoms with Gasteiger partial charge in [0, 0.05) is 34.3 Å². The molecule has 0 aromatic carbocycles. The predicted octanol–water partition coefficient (Wildman–Crippen LogP) is 3.04. The Morgan fingerprint density at radius 3 is 2.04 bits per heavy atom. The van der Waals surface area contributed by atoms with Crippen molar-refractivity contribution in [3.63, 3.8) is 0 Å². The highest BCUT2D eigenvalue weighted by atomic mass is 16.6. The number of allylic oxidation sites excluding steroid dienone is 1. The van der Waals surface area contributed by atoms with E-state index in [1.807, 2.05) is 20.8 Å². The first kappa shape index (κ1) is 17.3. The Balaban J connectivity index is 2.27. The van der Waals surface area contributed by atoms with Gasteiger partial charge in [-0.15, -0.1) is 0 Å². The molecule has 0 amide bonds. The molecule has 3 rings (SSSR count). The van der Waals surface area contributed by atoms with Crippen molar-refractivity contribution in [2.75, 3.05) is 0 Å². The van der Waals surface area contributed by atoms with Gasteiger partial charge in [-0.25, -0.2) is 0 Å². The largest absolute Gasteiger partial charge is 0.458 e. The van der Waals surface area contributed by atoms with E-state index >= 15 is 0 Å². The Labute approximate surface area is 163 Å². The van der Waals surface area contributed by atoms with Gasteiger partial charge >= 0.3 is 17.9 Å². The topological polar surface area (TPSA) is 78.9 Å². The molecular formula is C21H30O6. The number of carbonyl (C=O) groups is 3. The van der Waals surface area contributed by atoms with Crippen LogP contribution in [0, 0.1) is 28.6 Å². The molecule has 3 aliphatic carbocycles. The number of ether oxygens (including phenoxy) is 3. The summed E-state index contributed by atoms with van der Waals surface area (Å²) in [5.74, 6) is -2.73. The summed E-state index contributed by atoms with van der Waals surface area (Å²) in [7, 11) is 0. The van der Waals surface area contributed by atoms with Gasteiger partial charge in [-0.3, -0.25) is 14.4 Å². The molecule has 0 saturated heterocycles. The minimum absolute atomic E-state index is 0.296. The van der Waals surface area contributed by atoms with Gasteiger partial charge in [0.1, 0.15) is 12.2 Å². The molecule has 27 heavy (non-hydrogen) atoms. The fourth-order valence-corrected chi connectivity index (χ4v) is 5.59. The smallest absolute Gasteiger partial charge is 0.303 e. The second kappa shape index (κ2) is 6.35. The Kier molecular flexibility index (Phi) is 4.06. The first-order chi connectivity index (χ1) is 13.3. The van der Waals surface area contributed by atoms with Gasteiger partial charge in [0.05, 0.1) is 0 Å². The van der Waals surface area contributed by atoms with Crippen molar-refractivity contribution in [2.24, 2.45) is 28.6 Å². The number of hydrogen-bond acceptors (Lipinski definition) is 6. The van der Waals surface area contributed by atoms with Crippen molar-refractivity contribution in [1.82, 2.24) is 0 Å². The molecule has 0 aromatic heterocycles. The van der Waals surface area contributed by atoms with Crippen LogP contribution in [0.3, 0.4) is 0 Å². The predicted molar refractivity (Wildman–Crippen MR) is 97.4 cm³/mol. The third-order valence-corrected chi connectivity index (χ3v) is 6.65. The van der Waals surface area contributed by atoms with Crippen molar-refractivity contribution in [3.05, 3.63) is 12.2 Å². The molecule has 3 fully saturated rings. The lowest BCUT2D eigenvalue weighted by atomic mass is 9.66. The monoisotopic (exact) mass is 380 g/mol. The molecule has 4 bridgehead atoms. The number of esters is 3. The summed E-state index contributed by atoms with van der Waals surface area (Å²) in [6.45, 7) is 13.6. The van der Waals surface area contributed by atoms with Crippen molar-refractivity contribution in [2.45, 2.75) is 72.6 Å². The van der Waals surface area contributed by atoms with Gasteiger partial charge in [-0.2, -0.15) is 0 Å². The molecular weight excluding hydrogens is 348 g/mol. The van der Waals surface area contributed by atoms with Crippen LogP contribution in [0.2, 0.25) is 0 Å². The van der Waals surface area contributed by atoms with Crippen LogP contribution in [0.25, 0.3) is 0 Å². The molecule has 6 heteroatoms. The van der Waals surface area contributed by atoms with Gasteiger partial charge in [0.2, 0.25) is 0 Å². The maximum absolute atomic E-state index is 12.1. The van der Waals surface area contributed by atoms with Crippen LogP contribution in [0.1, 0.15) is 57.1 Å². The number of rotatable bonds is 3. The van der Waals surface area contributed by atoms with E-state index in [-0.39, 0.29) is 11.8 Å². The van der Waals surface area contributed by atoms with Gasteiger partial charge in [-0.1, -0.05) is 32.9 Å². The fourth-order valence-electron chi connectivity index (χ4n) is 5.59. The maximum atomic E-state index is 12.1. The molecule has 0 unspecified atom stereocenters. The van der Waals surface area contributed by atoms with Crippen LogP contribution in [-0.4, -0.2) is 36.2 Å². The lowest BCUT2D eigenvalue weighted by Gasteiger charge is -2.45. The van der Waals surface area contributed by atoms with Gasteiger partial charge in [-0.05, 0) is 30.5 Å². The molecule has 3 saturated carbocycles. The van der Waals surface area contributed by atoms with E-state index in [1.54, 1.807) is 0 Å².